The molecule has 7 nitrogen and oxygen atoms in total. The van der Waals surface area contributed by atoms with Gasteiger partial charge < -0.3 is 14.8 Å². The Labute approximate surface area is 100 Å². The Morgan fingerprint density at radius 2 is 2.18 bits per heavy atom. The fraction of sp³-hybridized carbons (Fsp3) is 0.800. The fourth-order valence-corrected chi connectivity index (χ4v) is 1.38. The molecular formula is C10H19N3O4. The first-order valence-electron chi connectivity index (χ1n) is 5.78. The third-order valence-electron chi connectivity index (χ3n) is 2.19. The number of hydrazine groups is 1. The molecule has 0 bridgehead atoms. The van der Waals surface area contributed by atoms with Gasteiger partial charge in [0.25, 0.3) is 5.91 Å². The Morgan fingerprint density at radius 3 is 2.82 bits per heavy atom. The highest BCUT2D eigenvalue weighted by molar-refractivity contribution is 5.81. The molecule has 1 unspecified atom stereocenters. The van der Waals surface area contributed by atoms with Gasteiger partial charge in [-0.3, -0.25) is 10.2 Å². The van der Waals surface area contributed by atoms with E-state index in [-0.39, 0.29) is 12.9 Å². The monoisotopic (exact) mass is 245 g/mol. The summed E-state index contributed by atoms with van der Waals surface area (Å²) in [7, 11) is 0. The molecule has 0 aromatic rings. The number of ether oxygens (including phenoxy) is 2. The number of urea groups is 1. The number of nitrogens with one attached hydrogen (secondary N) is 3. The largest absolute Gasteiger partial charge is 0.353 e. The number of hydrogen-bond donors (Lipinski definition) is 3. The first-order chi connectivity index (χ1) is 8.22. The van der Waals surface area contributed by atoms with Crippen LogP contribution in [0, 0.1) is 0 Å². The van der Waals surface area contributed by atoms with E-state index in [0.717, 1.165) is 19.3 Å². The van der Waals surface area contributed by atoms with Crippen LogP contribution in [-0.2, 0) is 14.3 Å². The summed E-state index contributed by atoms with van der Waals surface area (Å²) in [5.74, 6) is -0.412. The van der Waals surface area contributed by atoms with Crippen molar-refractivity contribution >= 4 is 11.9 Å². The second kappa shape index (κ2) is 7.86. The Morgan fingerprint density at radius 1 is 1.35 bits per heavy atom. The highest BCUT2D eigenvalue weighted by Crippen LogP contribution is 2.13. The van der Waals surface area contributed by atoms with Crippen LogP contribution in [-0.4, -0.2) is 38.0 Å². The lowest BCUT2D eigenvalue weighted by molar-refractivity contribution is -0.170. The third-order valence-corrected chi connectivity index (χ3v) is 2.19. The molecule has 0 saturated carbocycles. The minimum atomic E-state index is -0.449. The lowest BCUT2D eigenvalue weighted by Crippen LogP contribution is -2.48. The first-order valence-corrected chi connectivity index (χ1v) is 5.78. The highest BCUT2D eigenvalue weighted by Gasteiger charge is 2.15. The van der Waals surface area contributed by atoms with Gasteiger partial charge >= 0.3 is 6.03 Å². The van der Waals surface area contributed by atoms with E-state index in [0.29, 0.717) is 13.2 Å². The predicted octanol–water partition coefficient (Wildman–Crippen LogP) is -0.120. The van der Waals surface area contributed by atoms with E-state index in [1.165, 1.54) is 0 Å². The fourth-order valence-electron chi connectivity index (χ4n) is 1.38. The molecule has 0 aliphatic carbocycles. The lowest BCUT2D eigenvalue weighted by Gasteiger charge is -2.22. The van der Waals surface area contributed by atoms with Gasteiger partial charge in [0.1, 0.15) is 6.61 Å². The average molecular weight is 245 g/mol. The maximum atomic E-state index is 11.3. The molecule has 0 aromatic carbocycles. The van der Waals surface area contributed by atoms with E-state index in [4.69, 9.17) is 9.47 Å². The Kier molecular flexibility index (Phi) is 6.34. The zero-order valence-corrected chi connectivity index (χ0v) is 9.95. The molecule has 1 aliphatic heterocycles. The van der Waals surface area contributed by atoms with E-state index in [2.05, 4.69) is 16.2 Å². The number of hydrogen-bond acceptors (Lipinski definition) is 4. The summed E-state index contributed by atoms with van der Waals surface area (Å²) >= 11 is 0. The maximum Gasteiger partial charge on any atom is 0.333 e. The van der Waals surface area contributed by atoms with Gasteiger partial charge in [-0.15, -0.1) is 0 Å². The third kappa shape index (κ3) is 6.08. The molecule has 1 fully saturated rings. The van der Waals surface area contributed by atoms with Crippen LogP contribution < -0.4 is 16.2 Å². The summed E-state index contributed by atoms with van der Waals surface area (Å²) in [6.07, 6.45) is 2.57. The van der Waals surface area contributed by atoms with Crippen molar-refractivity contribution in [3.63, 3.8) is 0 Å². The molecule has 3 N–H and O–H groups in total. The number of amides is 3. The normalized spacial score (nSPS) is 19.5. The molecule has 98 valence electrons. The summed E-state index contributed by atoms with van der Waals surface area (Å²) in [6, 6.07) is -0.449. The van der Waals surface area contributed by atoms with Crippen molar-refractivity contribution in [2.75, 3.05) is 19.8 Å². The van der Waals surface area contributed by atoms with Crippen LogP contribution >= 0.6 is 0 Å². The van der Waals surface area contributed by atoms with E-state index in [1.807, 2.05) is 0 Å². The predicted molar refractivity (Wildman–Crippen MR) is 59.9 cm³/mol. The van der Waals surface area contributed by atoms with Crippen molar-refractivity contribution in [1.29, 1.82) is 0 Å². The van der Waals surface area contributed by atoms with E-state index >= 15 is 0 Å². The van der Waals surface area contributed by atoms with E-state index in [1.54, 1.807) is 6.92 Å². The van der Waals surface area contributed by atoms with Crippen LogP contribution in [0.5, 0.6) is 0 Å². The molecule has 1 aliphatic rings. The van der Waals surface area contributed by atoms with Crippen molar-refractivity contribution in [3.8, 4) is 0 Å². The minimum absolute atomic E-state index is 0.128. The van der Waals surface area contributed by atoms with Crippen LogP contribution in [0.3, 0.4) is 0 Å². The topological polar surface area (TPSA) is 88.7 Å². The molecule has 1 rings (SSSR count). The summed E-state index contributed by atoms with van der Waals surface area (Å²) < 4.78 is 10.5. The molecule has 7 heteroatoms. The smallest absolute Gasteiger partial charge is 0.333 e. The van der Waals surface area contributed by atoms with Crippen molar-refractivity contribution in [2.45, 2.75) is 32.5 Å². The van der Waals surface area contributed by atoms with Crippen molar-refractivity contribution in [2.24, 2.45) is 0 Å². The maximum absolute atomic E-state index is 11.3. The van der Waals surface area contributed by atoms with E-state index in [9.17, 15) is 9.59 Å². The second-order valence-corrected chi connectivity index (χ2v) is 3.64. The number of rotatable bonds is 4. The molecule has 0 spiro atoms. The van der Waals surface area contributed by atoms with Crippen molar-refractivity contribution in [3.05, 3.63) is 0 Å². The van der Waals surface area contributed by atoms with E-state index < -0.39 is 11.9 Å². The number of carbonyl (C=O) groups excluding carboxylic acids is 2. The van der Waals surface area contributed by atoms with Gasteiger partial charge in [0, 0.05) is 13.2 Å². The van der Waals surface area contributed by atoms with Gasteiger partial charge in [-0.05, 0) is 26.2 Å². The second-order valence-electron chi connectivity index (χ2n) is 3.64. The zero-order chi connectivity index (χ0) is 12.5. The van der Waals surface area contributed by atoms with Crippen LogP contribution in [0.25, 0.3) is 0 Å². The van der Waals surface area contributed by atoms with Crippen LogP contribution in [0.2, 0.25) is 0 Å². The summed E-state index contributed by atoms with van der Waals surface area (Å²) in [4.78, 5) is 22.2. The number of carbonyl (C=O) groups is 2. The Bertz CT molecular complexity index is 254. The zero-order valence-electron chi connectivity index (χ0n) is 9.95. The standard InChI is InChI=1S/C10H19N3O4/c1-2-11-10(15)13-12-8(14)7-17-9-5-3-4-6-16-9/h9H,2-7H2,1H3,(H,12,14)(H2,11,13,15). The van der Waals surface area contributed by atoms with Gasteiger partial charge in [-0.25, -0.2) is 10.2 Å². The molecule has 1 atom stereocenters. The first kappa shape index (κ1) is 13.7. The summed E-state index contributed by atoms with van der Waals surface area (Å²) in [5, 5.41) is 2.48. The molecule has 17 heavy (non-hydrogen) atoms. The molecule has 0 radical (unpaired) electrons. The molecular weight excluding hydrogens is 226 g/mol. The summed E-state index contributed by atoms with van der Waals surface area (Å²) in [5.41, 5.74) is 4.43. The van der Waals surface area contributed by atoms with Crippen molar-refractivity contribution < 1.29 is 19.1 Å². The van der Waals surface area contributed by atoms with Gasteiger partial charge in [-0.2, -0.15) is 0 Å². The average Bonchev–Trinajstić information content (AvgIpc) is 2.35. The quantitative estimate of drug-likeness (QED) is 0.602. The van der Waals surface area contributed by atoms with Crippen molar-refractivity contribution in [1.82, 2.24) is 16.2 Å². The van der Waals surface area contributed by atoms with Gasteiger partial charge in [0.2, 0.25) is 0 Å². The van der Waals surface area contributed by atoms with Gasteiger partial charge in [0.15, 0.2) is 6.29 Å². The van der Waals surface area contributed by atoms with Crippen LogP contribution in [0.1, 0.15) is 26.2 Å². The Balaban J connectivity index is 2.06. The van der Waals surface area contributed by atoms with Crippen LogP contribution in [0.15, 0.2) is 0 Å². The minimum Gasteiger partial charge on any atom is -0.353 e. The van der Waals surface area contributed by atoms with Crippen LogP contribution in [0.4, 0.5) is 4.79 Å². The Hall–Kier alpha value is -1.34. The SMILES string of the molecule is CCNC(=O)NNC(=O)COC1CCCCO1. The highest BCUT2D eigenvalue weighted by atomic mass is 16.7. The molecule has 3 amide bonds. The molecule has 0 aromatic heterocycles. The molecule has 1 saturated heterocycles. The summed E-state index contributed by atoms with van der Waals surface area (Å²) in [6.45, 7) is 2.82. The van der Waals surface area contributed by atoms with Gasteiger partial charge in [-0.1, -0.05) is 0 Å². The lowest BCUT2D eigenvalue weighted by atomic mass is 10.2. The molecule has 1 heterocycles. The van der Waals surface area contributed by atoms with Gasteiger partial charge in [0.05, 0.1) is 0 Å².